The van der Waals surface area contributed by atoms with Crippen molar-refractivity contribution >= 4 is 63.3 Å². The Balaban J connectivity index is 1.71. The molecule has 198 valence electrons. The number of nitro groups is 1. The molecule has 6 N–H and O–H groups in total. The summed E-state index contributed by atoms with van der Waals surface area (Å²) in [6, 6.07) is 7.09. The molecule has 2 unspecified atom stereocenters. The third kappa shape index (κ3) is 7.98. The maximum absolute atomic E-state index is 12.7. The predicted molar refractivity (Wildman–Crippen MR) is 148 cm³/mol. The summed E-state index contributed by atoms with van der Waals surface area (Å²) >= 11 is 11.4. The van der Waals surface area contributed by atoms with Gasteiger partial charge in [0.2, 0.25) is 11.7 Å². The molecular formula is C23H27Cl2N7O4S. The van der Waals surface area contributed by atoms with Gasteiger partial charge >= 0.3 is 5.69 Å². The molecule has 2 heterocycles. The summed E-state index contributed by atoms with van der Waals surface area (Å²) in [6.07, 6.45) is 6.16. The van der Waals surface area contributed by atoms with E-state index >= 15 is 0 Å². The molecule has 3 aromatic rings. The summed E-state index contributed by atoms with van der Waals surface area (Å²) in [7, 11) is 0. The van der Waals surface area contributed by atoms with Gasteiger partial charge in [0, 0.05) is 54.1 Å². The molecule has 2 atom stereocenters. The van der Waals surface area contributed by atoms with Crippen LogP contribution < -0.4 is 22.1 Å². The SMILES string of the molecule is C[S+]([O-])CCC(N)C(=O)Nc1cn(CCCNc2ccc([N+](=O)[O-])c(N)n2)cc1-c1ccc(Cl)cc1Cl. The number of aromatic nitrogens is 2. The van der Waals surface area contributed by atoms with Crippen LogP contribution in [0.15, 0.2) is 42.7 Å². The number of aryl methyl sites for hydroxylation is 1. The van der Waals surface area contributed by atoms with Crippen molar-refractivity contribution in [3.63, 3.8) is 0 Å². The Hall–Kier alpha value is -3.03. The van der Waals surface area contributed by atoms with Crippen LogP contribution in [0, 0.1) is 10.1 Å². The monoisotopic (exact) mass is 567 g/mol. The summed E-state index contributed by atoms with van der Waals surface area (Å²) in [5.41, 5.74) is 13.3. The number of hydrogen-bond acceptors (Lipinski definition) is 8. The molecule has 0 saturated carbocycles. The lowest BCUT2D eigenvalue weighted by molar-refractivity contribution is -0.384. The van der Waals surface area contributed by atoms with Gasteiger partial charge in [-0.05, 0) is 24.6 Å². The van der Waals surface area contributed by atoms with Crippen LogP contribution in [0.1, 0.15) is 12.8 Å². The second-order valence-corrected chi connectivity index (χ2v) is 10.6. The summed E-state index contributed by atoms with van der Waals surface area (Å²) in [5.74, 6) is 0.208. The van der Waals surface area contributed by atoms with Crippen LogP contribution >= 0.6 is 23.2 Å². The number of nitrogen functional groups attached to an aromatic ring is 1. The molecule has 37 heavy (non-hydrogen) atoms. The summed E-state index contributed by atoms with van der Waals surface area (Å²) in [5, 5.41) is 17.7. The van der Waals surface area contributed by atoms with Crippen molar-refractivity contribution in [2.45, 2.75) is 25.4 Å². The highest BCUT2D eigenvalue weighted by Crippen LogP contribution is 2.36. The topological polar surface area (TPSA) is 177 Å². The van der Waals surface area contributed by atoms with Gasteiger partial charge in [0.1, 0.15) is 11.6 Å². The van der Waals surface area contributed by atoms with Crippen molar-refractivity contribution in [2.24, 2.45) is 5.73 Å². The van der Waals surface area contributed by atoms with Crippen molar-refractivity contribution in [2.75, 3.05) is 34.9 Å². The highest BCUT2D eigenvalue weighted by molar-refractivity contribution is 7.90. The molecular weight excluding hydrogens is 541 g/mol. The minimum atomic E-state index is -1.05. The van der Waals surface area contributed by atoms with Crippen LogP contribution in [0.25, 0.3) is 11.1 Å². The van der Waals surface area contributed by atoms with Gasteiger partial charge in [0.25, 0.3) is 0 Å². The van der Waals surface area contributed by atoms with Crippen LogP contribution in [0.4, 0.5) is 23.0 Å². The van der Waals surface area contributed by atoms with Gasteiger partial charge in [-0.1, -0.05) is 40.4 Å². The van der Waals surface area contributed by atoms with E-state index in [2.05, 4.69) is 15.6 Å². The zero-order valence-corrected chi connectivity index (χ0v) is 22.3. The third-order valence-electron chi connectivity index (χ3n) is 5.41. The number of benzene rings is 1. The number of nitrogens with one attached hydrogen (secondary N) is 2. The van der Waals surface area contributed by atoms with E-state index in [0.717, 1.165) is 0 Å². The highest BCUT2D eigenvalue weighted by atomic mass is 35.5. The predicted octanol–water partition coefficient (Wildman–Crippen LogP) is 3.88. The number of pyridine rings is 1. The van der Waals surface area contributed by atoms with Crippen LogP contribution in [-0.4, -0.2) is 49.5 Å². The number of carbonyl (C=O) groups is 1. The zero-order chi connectivity index (χ0) is 27.1. The Morgan fingerprint density at radius 2 is 2.00 bits per heavy atom. The minimum Gasteiger partial charge on any atom is -0.617 e. The smallest absolute Gasteiger partial charge is 0.311 e. The normalized spacial score (nSPS) is 12.7. The molecule has 3 rings (SSSR count). The van der Waals surface area contributed by atoms with Gasteiger partial charge in [0.15, 0.2) is 0 Å². The van der Waals surface area contributed by atoms with Crippen LogP contribution in [0.3, 0.4) is 0 Å². The Morgan fingerprint density at radius 3 is 2.65 bits per heavy atom. The number of carbonyl (C=O) groups excluding carboxylic acids is 1. The number of nitrogens with two attached hydrogens (primary N) is 2. The number of anilines is 3. The molecule has 0 aliphatic heterocycles. The summed E-state index contributed by atoms with van der Waals surface area (Å²) < 4.78 is 13.3. The molecule has 0 aliphatic carbocycles. The number of rotatable bonds is 12. The Bertz CT molecular complexity index is 1270. The second-order valence-electron chi connectivity index (χ2n) is 8.25. The number of nitrogens with zero attached hydrogens (tertiary/aromatic N) is 3. The van der Waals surface area contributed by atoms with E-state index in [9.17, 15) is 19.5 Å². The van der Waals surface area contributed by atoms with E-state index in [1.807, 2.05) is 10.8 Å². The van der Waals surface area contributed by atoms with Gasteiger partial charge in [-0.25, -0.2) is 4.98 Å². The van der Waals surface area contributed by atoms with E-state index in [-0.39, 0.29) is 11.5 Å². The van der Waals surface area contributed by atoms with Crippen molar-refractivity contribution < 1.29 is 14.3 Å². The quantitative estimate of drug-likeness (QED) is 0.110. The maximum atomic E-state index is 12.7. The standard InChI is InChI=1S/C23H27Cl2N7O4S/c1-37(36)10-7-18(26)23(33)29-19-13-31(12-16(19)15-4-3-14(24)11-17(15)25)9-2-8-28-21-6-5-20(32(34)35)22(27)30-21/h3-6,11-13,18H,2,7-10,26H2,1H3,(H,29,33)(H3,27,28,30). The summed E-state index contributed by atoms with van der Waals surface area (Å²) in [4.78, 5) is 27.0. The van der Waals surface area contributed by atoms with Crippen molar-refractivity contribution in [3.05, 3.63) is 62.9 Å². The number of halogens is 2. The molecule has 14 heteroatoms. The molecule has 0 aliphatic rings. The average Bonchev–Trinajstić information content (AvgIpc) is 3.22. The Labute approximate surface area is 226 Å². The number of hydrogen-bond donors (Lipinski definition) is 4. The maximum Gasteiger partial charge on any atom is 0.311 e. The van der Waals surface area contributed by atoms with Gasteiger partial charge < -0.3 is 31.2 Å². The van der Waals surface area contributed by atoms with Gasteiger partial charge in [-0.15, -0.1) is 0 Å². The first-order chi connectivity index (χ1) is 17.5. The first-order valence-electron chi connectivity index (χ1n) is 11.2. The van der Waals surface area contributed by atoms with Gasteiger partial charge in [-0.3, -0.25) is 14.9 Å². The Kier molecular flexibility index (Phi) is 10.0. The van der Waals surface area contributed by atoms with Crippen LogP contribution in [-0.2, 0) is 22.5 Å². The lowest BCUT2D eigenvalue weighted by Gasteiger charge is -2.13. The molecule has 1 aromatic carbocycles. The zero-order valence-electron chi connectivity index (χ0n) is 19.9. The van der Waals surface area contributed by atoms with Crippen LogP contribution in [0.2, 0.25) is 10.0 Å². The molecule has 1 amide bonds. The molecule has 0 fully saturated rings. The lowest BCUT2D eigenvalue weighted by atomic mass is 10.1. The van der Waals surface area contributed by atoms with E-state index in [1.165, 1.54) is 12.1 Å². The van der Waals surface area contributed by atoms with E-state index in [0.29, 0.717) is 64.4 Å². The third-order valence-corrected chi connectivity index (χ3v) is 6.77. The average molecular weight is 568 g/mol. The fraction of sp³-hybridized carbons (Fsp3) is 0.304. The van der Waals surface area contributed by atoms with Crippen molar-refractivity contribution in [1.82, 2.24) is 9.55 Å². The van der Waals surface area contributed by atoms with Crippen molar-refractivity contribution in [1.29, 1.82) is 0 Å². The van der Waals surface area contributed by atoms with E-state index in [4.69, 9.17) is 34.7 Å². The summed E-state index contributed by atoms with van der Waals surface area (Å²) in [6.45, 7) is 1.09. The second kappa shape index (κ2) is 13.0. The molecule has 11 nitrogen and oxygen atoms in total. The van der Waals surface area contributed by atoms with Crippen LogP contribution in [0.5, 0.6) is 0 Å². The number of amides is 1. The van der Waals surface area contributed by atoms with Gasteiger partial charge in [0.05, 0.1) is 27.9 Å². The molecule has 0 radical (unpaired) electrons. The molecule has 0 bridgehead atoms. The first kappa shape index (κ1) is 28.5. The largest absolute Gasteiger partial charge is 0.617 e. The van der Waals surface area contributed by atoms with E-state index in [1.54, 1.807) is 30.7 Å². The minimum absolute atomic E-state index is 0.159. The molecule has 0 spiro atoms. The first-order valence-corrected chi connectivity index (χ1v) is 13.7. The van der Waals surface area contributed by atoms with Crippen molar-refractivity contribution in [3.8, 4) is 11.1 Å². The molecule has 2 aromatic heterocycles. The highest BCUT2D eigenvalue weighted by Gasteiger charge is 2.20. The molecule has 0 saturated heterocycles. The fourth-order valence-electron chi connectivity index (χ4n) is 3.51. The van der Waals surface area contributed by atoms with Gasteiger partial charge in [-0.2, -0.15) is 0 Å². The fourth-order valence-corrected chi connectivity index (χ4v) is 4.60. The Morgan fingerprint density at radius 1 is 1.24 bits per heavy atom. The lowest BCUT2D eigenvalue weighted by Crippen LogP contribution is -2.37. The van der Waals surface area contributed by atoms with E-state index < -0.39 is 28.0 Å².